The van der Waals surface area contributed by atoms with E-state index < -0.39 is 11.7 Å². The molecular weight excluding hydrogens is 347 g/mol. The van der Waals surface area contributed by atoms with Crippen molar-refractivity contribution in [1.82, 2.24) is 4.90 Å². The Labute approximate surface area is 150 Å². The molecule has 140 valence electrons. The van der Waals surface area contributed by atoms with Crippen LogP contribution in [-0.2, 0) is 23.9 Å². The summed E-state index contributed by atoms with van der Waals surface area (Å²) in [5.41, 5.74) is 0.675. The highest BCUT2D eigenvalue weighted by molar-refractivity contribution is 5.78. The predicted molar refractivity (Wildman–Crippen MR) is 91.2 cm³/mol. The van der Waals surface area contributed by atoms with E-state index in [9.17, 15) is 18.0 Å². The van der Waals surface area contributed by atoms with Crippen molar-refractivity contribution in [3.05, 3.63) is 59.2 Å². The van der Waals surface area contributed by atoms with Gasteiger partial charge in [-0.05, 0) is 35.4 Å². The first kappa shape index (κ1) is 19.6. The maximum Gasteiger partial charge on any atom is 0.416 e. The van der Waals surface area contributed by atoms with Gasteiger partial charge in [-0.25, -0.2) is 0 Å². The number of ether oxygens (including phenoxy) is 2. The summed E-state index contributed by atoms with van der Waals surface area (Å²) in [4.78, 5) is 13.8. The fraction of sp³-hybridized carbons (Fsp3) is 0.316. The number of hydrogen-bond acceptors (Lipinski definition) is 3. The van der Waals surface area contributed by atoms with Gasteiger partial charge in [-0.1, -0.05) is 18.2 Å². The monoisotopic (exact) mass is 367 g/mol. The van der Waals surface area contributed by atoms with Crippen LogP contribution in [0.1, 0.15) is 16.7 Å². The largest absolute Gasteiger partial charge is 0.493 e. The Morgan fingerprint density at radius 3 is 2.08 bits per heavy atom. The molecule has 0 saturated heterocycles. The van der Waals surface area contributed by atoms with Crippen LogP contribution in [0, 0.1) is 0 Å². The van der Waals surface area contributed by atoms with Gasteiger partial charge in [0.25, 0.3) is 0 Å². The minimum absolute atomic E-state index is 0.150. The molecule has 0 unspecified atom stereocenters. The highest BCUT2D eigenvalue weighted by Gasteiger charge is 2.30. The van der Waals surface area contributed by atoms with Crippen LogP contribution in [0.5, 0.6) is 11.5 Å². The van der Waals surface area contributed by atoms with Crippen molar-refractivity contribution < 1.29 is 27.4 Å². The van der Waals surface area contributed by atoms with Crippen molar-refractivity contribution in [1.29, 1.82) is 0 Å². The van der Waals surface area contributed by atoms with Crippen molar-refractivity contribution in [3.63, 3.8) is 0 Å². The zero-order valence-electron chi connectivity index (χ0n) is 14.8. The summed E-state index contributed by atoms with van der Waals surface area (Å²) in [5, 5.41) is 0. The molecule has 0 aliphatic heterocycles. The summed E-state index contributed by atoms with van der Waals surface area (Å²) in [7, 11) is 4.65. The number of amides is 1. The lowest BCUT2D eigenvalue weighted by Gasteiger charge is -2.18. The van der Waals surface area contributed by atoms with E-state index in [4.69, 9.17) is 9.47 Å². The lowest BCUT2D eigenvalue weighted by atomic mass is 10.1. The number of hydrogen-bond donors (Lipinski definition) is 0. The molecule has 2 aromatic rings. The maximum absolute atomic E-state index is 12.6. The standard InChI is InChI=1S/C19H20F3NO3/c1-23(12-13-4-7-15(8-5-13)19(20,21)22)18(24)11-14-6-9-16(25-2)17(10-14)26-3/h4-10H,11-12H2,1-3H3. The lowest BCUT2D eigenvalue weighted by Crippen LogP contribution is -2.27. The Kier molecular flexibility index (Phi) is 6.13. The summed E-state index contributed by atoms with van der Waals surface area (Å²) in [6.07, 6.45) is -4.22. The van der Waals surface area contributed by atoms with Gasteiger partial charge < -0.3 is 14.4 Å². The van der Waals surface area contributed by atoms with Crippen LogP contribution < -0.4 is 9.47 Å². The van der Waals surface area contributed by atoms with E-state index in [0.717, 1.165) is 17.7 Å². The van der Waals surface area contributed by atoms with Gasteiger partial charge in [0, 0.05) is 13.6 Å². The molecular formula is C19H20F3NO3. The molecule has 4 nitrogen and oxygen atoms in total. The summed E-state index contributed by atoms with van der Waals surface area (Å²) in [5.74, 6) is 0.946. The summed E-state index contributed by atoms with van der Waals surface area (Å²) >= 11 is 0. The van der Waals surface area contributed by atoms with Crippen LogP contribution >= 0.6 is 0 Å². The number of methoxy groups -OCH3 is 2. The first-order valence-electron chi connectivity index (χ1n) is 7.85. The van der Waals surface area contributed by atoms with Crippen molar-refractivity contribution in [2.24, 2.45) is 0 Å². The van der Waals surface area contributed by atoms with E-state index in [1.54, 1.807) is 25.2 Å². The second kappa shape index (κ2) is 8.12. The Balaban J connectivity index is 2.01. The van der Waals surface area contributed by atoms with Crippen LogP contribution in [0.2, 0.25) is 0 Å². The molecule has 0 aromatic heterocycles. The number of carbonyl (C=O) groups excluding carboxylic acids is 1. The number of nitrogens with zero attached hydrogens (tertiary/aromatic N) is 1. The minimum Gasteiger partial charge on any atom is -0.493 e. The van der Waals surface area contributed by atoms with Gasteiger partial charge in [-0.15, -0.1) is 0 Å². The van der Waals surface area contributed by atoms with Crippen molar-refractivity contribution in [2.75, 3.05) is 21.3 Å². The molecule has 0 atom stereocenters. The second-order valence-corrected chi connectivity index (χ2v) is 5.81. The van der Waals surface area contributed by atoms with E-state index in [1.807, 2.05) is 0 Å². The van der Waals surface area contributed by atoms with Gasteiger partial charge in [0.15, 0.2) is 11.5 Å². The third kappa shape index (κ3) is 4.91. The average Bonchev–Trinajstić information content (AvgIpc) is 2.61. The Bertz CT molecular complexity index is 758. The zero-order chi connectivity index (χ0) is 19.3. The van der Waals surface area contributed by atoms with E-state index in [2.05, 4.69) is 0 Å². The quantitative estimate of drug-likeness (QED) is 0.777. The number of alkyl halides is 3. The second-order valence-electron chi connectivity index (χ2n) is 5.81. The van der Waals surface area contributed by atoms with Crippen LogP contribution in [-0.4, -0.2) is 32.1 Å². The smallest absolute Gasteiger partial charge is 0.416 e. The zero-order valence-corrected chi connectivity index (χ0v) is 14.8. The van der Waals surface area contributed by atoms with Crippen molar-refractivity contribution >= 4 is 5.91 Å². The lowest BCUT2D eigenvalue weighted by molar-refractivity contribution is -0.137. The molecule has 26 heavy (non-hydrogen) atoms. The highest BCUT2D eigenvalue weighted by Crippen LogP contribution is 2.29. The molecule has 2 rings (SSSR count). The third-order valence-electron chi connectivity index (χ3n) is 3.93. The third-order valence-corrected chi connectivity index (χ3v) is 3.93. The number of benzene rings is 2. The van der Waals surface area contributed by atoms with Crippen LogP contribution in [0.4, 0.5) is 13.2 Å². The highest BCUT2D eigenvalue weighted by atomic mass is 19.4. The van der Waals surface area contributed by atoms with E-state index in [1.165, 1.54) is 31.3 Å². The molecule has 0 bridgehead atoms. The van der Waals surface area contributed by atoms with Gasteiger partial charge >= 0.3 is 6.18 Å². The molecule has 0 fully saturated rings. The normalized spacial score (nSPS) is 11.2. The molecule has 0 saturated carbocycles. The first-order chi connectivity index (χ1) is 12.2. The number of halogens is 3. The van der Waals surface area contributed by atoms with Crippen LogP contribution in [0.15, 0.2) is 42.5 Å². The van der Waals surface area contributed by atoms with Crippen molar-refractivity contribution in [2.45, 2.75) is 19.1 Å². The Morgan fingerprint density at radius 1 is 0.962 bits per heavy atom. The molecule has 0 heterocycles. The average molecular weight is 367 g/mol. The molecule has 0 N–H and O–H groups in total. The van der Waals surface area contributed by atoms with Gasteiger partial charge in [-0.2, -0.15) is 13.2 Å². The van der Waals surface area contributed by atoms with Gasteiger partial charge in [0.2, 0.25) is 5.91 Å². The van der Waals surface area contributed by atoms with Crippen LogP contribution in [0.3, 0.4) is 0 Å². The first-order valence-corrected chi connectivity index (χ1v) is 7.85. The SMILES string of the molecule is COc1ccc(CC(=O)N(C)Cc2ccc(C(F)(F)F)cc2)cc1OC. The number of likely N-dealkylation sites (N-methyl/N-ethyl adjacent to an activating group) is 1. The van der Waals surface area contributed by atoms with Gasteiger partial charge in [0.1, 0.15) is 0 Å². The molecule has 0 radical (unpaired) electrons. The summed E-state index contributed by atoms with van der Waals surface area (Å²) < 4.78 is 48.1. The molecule has 2 aromatic carbocycles. The topological polar surface area (TPSA) is 38.8 Å². The van der Waals surface area contributed by atoms with E-state index in [-0.39, 0.29) is 18.9 Å². The Hall–Kier alpha value is -2.70. The van der Waals surface area contributed by atoms with Gasteiger partial charge in [0.05, 0.1) is 26.2 Å². The minimum atomic E-state index is -4.37. The maximum atomic E-state index is 12.6. The van der Waals surface area contributed by atoms with E-state index >= 15 is 0 Å². The molecule has 0 spiro atoms. The predicted octanol–water partition coefficient (Wildman–Crippen LogP) is 3.92. The molecule has 1 amide bonds. The summed E-state index contributed by atoms with van der Waals surface area (Å²) in [6.45, 7) is 0.226. The summed E-state index contributed by atoms with van der Waals surface area (Å²) in [6, 6.07) is 10.0. The molecule has 0 aliphatic rings. The fourth-order valence-electron chi connectivity index (χ4n) is 2.46. The van der Waals surface area contributed by atoms with Crippen LogP contribution in [0.25, 0.3) is 0 Å². The number of rotatable bonds is 6. The van der Waals surface area contributed by atoms with E-state index in [0.29, 0.717) is 17.1 Å². The fourth-order valence-corrected chi connectivity index (χ4v) is 2.46. The molecule has 0 aliphatic carbocycles. The Morgan fingerprint density at radius 2 is 1.54 bits per heavy atom. The van der Waals surface area contributed by atoms with Gasteiger partial charge in [-0.3, -0.25) is 4.79 Å². The number of carbonyl (C=O) groups is 1. The molecule has 7 heteroatoms. The van der Waals surface area contributed by atoms with Crippen molar-refractivity contribution in [3.8, 4) is 11.5 Å².